The fourth-order valence-electron chi connectivity index (χ4n) is 2.32. The molecule has 3 rings (SSSR count). The van der Waals surface area contributed by atoms with Gasteiger partial charge in [0, 0.05) is 14.0 Å². The first-order valence-corrected chi connectivity index (χ1v) is 7.80. The number of aromatic nitrogens is 2. The van der Waals surface area contributed by atoms with Gasteiger partial charge in [0.2, 0.25) is 0 Å². The molecule has 2 N–H and O–H groups in total. The Kier molecular flexibility index (Phi) is 4.05. The van der Waals surface area contributed by atoms with Crippen LogP contribution in [0.1, 0.15) is 15.9 Å². The van der Waals surface area contributed by atoms with Crippen molar-refractivity contribution in [1.82, 2.24) is 9.78 Å². The number of nitrogens with two attached hydrogens (primary N) is 1. The van der Waals surface area contributed by atoms with Crippen molar-refractivity contribution < 1.29 is 9.18 Å². The van der Waals surface area contributed by atoms with Crippen LogP contribution in [-0.4, -0.2) is 15.7 Å². The lowest BCUT2D eigenvalue weighted by atomic mass is 10.1. The molecule has 1 aromatic heterocycles. The number of rotatable bonds is 3. The van der Waals surface area contributed by atoms with Crippen molar-refractivity contribution in [2.24, 2.45) is 5.73 Å². The molecule has 7 heteroatoms. The summed E-state index contributed by atoms with van der Waals surface area (Å²) in [5.74, 6) is -0.865. The second kappa shape index (κ2) is 5.85. The van der Waals surface area contributed by atoms with Gasteiger partial charge in [-0.2, -0.15) is 5.10 Å². The first kappa shape index (κ1) is 15.2. The molecule has 0 radical (unpaired) electrons. The van der Waals surface area contributed by atoms with E-state index in [-0.39, 0.29) is 5.82 Å². The molecule has 22 heavy (non-hydrogen) atoms. The Labute approximate surface area is 144 Å². The minimum atomic E-state index is -0.581. The largest absolute Gasteiger partial charge is 0.366 e. The number of primary amides is 1. The maximum atomic E-state index is 13.7. The van der Waals surface area contributed by atoms with Crippen LogP contribution in [0.2, 0.25) is 5.02 Å². The van der Waals surface area contributed by atoms with Gasteiger partial charge in [0.25, 0.3) is 5.91 Å². The van der Waals surface area contributed by atoms with Gasteiger partial charge in [-0.25, -0.2) is 4.39 Å². The first-order chi connectivity index (χ1) is 10.5. The summed E-state index contributed by atoms with van der Waals surface area (Å²) >= 11 is 7.91. The van der Waals surface area contributed by atoms with Gasteiger partial charge in [-0.3, -0.25) is 9.48 Å². The zero-order valence-corrected chi connectivity index (χ0v) is 14.1. The van der Waals surface area contributed by atoms with Crippen LogP contribution < -0.4 is 5.73 Å². The van der Waals surface area contributed by atoms with Crippen LogP contribution in [0, 0.1) is 9.39 Å². The zero-order chi connectivity index (χ0) is 15.9. The monoisotopic (exact) mass is 429 g/mol. The SMILES string of the molecule is NC(=O)c1cc(Cl)cc2cnn(Cc3ccc(I)c(F)c3)c12. The molecule has 1 heterocycles. The van der Waals surface area contributed by atoms with Crippen molar-refractivity contribution >= 4 is 51.0 Å². The molecule has 2 aromatic carbocycles. The maximum absolute atomic E-state index is 13.7. The van der Waals surface area contributed by atoms with Crippen molar-refractivity contribution in [2.45, 2.75) is 6.54 Å². The Morgan fingerprint density at radius 1 is 1.36 bits per heavy atom. The molecule has 0 bridgehead atoms. The summed E-state index contributed by atoms with van der Waals surface area (Å²) < 4.78 is 15.8. The zero-order valence-electron chi connectivity index (χ0n) is 11.2. The van der Waals surface area contributed by atoms with Crippen molar-refractivity contribution in [2.75, 3.05) is 0 Å². The Balaban J connectivity index is 2.11. The molecule has 0 unspecified atom stereocenters. The molecule has 0 aliphatic rings. The normalized spacial score (nSPS) is 11.0. The summed E-state index contributed by atoms with van der Waals surface area (Å²) in [5.41, 5.74) is 7.05. The first-order valence-electron chi connectivity index (χ1n) is 6.34. The Morgan fingerprint density at radius 2 is 2.14 bits per heavy atom. The van der Waals surface area contributed by atoms with Crippen LogP contribution >= 0.6 is 34.2 Å². The summed E-state index contributed by atoms with van der Waals surface area (Å²) in [4.78, 5) is 11.6. The molecule has 0 saturated heterocycles. The van der Waals surface area contributed by atoms with Crippen LogP contribution in [-0.2, 0) is 6.54 Å². The third kappa shape index (κ3) is 2.80. The highest BCUT2D eigenvalue weighted by atomic mass is 127. The lowest BCUT2D eigenvalue weighted by molar-refractivity contribution is 0.100. The fraction of sp³-hybridized carbons (Fsp3) is 0.0667. The third-order valence-corrected chi connectivity index (χ3v) is 4.37. The molecule has 0 spiro atoms. The van der Waals surface area contributed by atoms with Crippen molar-refractivity contribution in [1.29, 1.82) is 0 Å². The van der Waals surface area contributed by atoms with Gasteiger partial charge >= 0.3 is 0 Å². The van der Waals surface area contributed by atoms with Crippen LogP contribution in [0.15, 0.2) is 36.5 Å². The molecule has 0 aliphatic carbocycles. The standard InChI is InChI=1S/C15H10ClFIN3O/c16-10-4-9-6-20-21(14(9)11(5-10)15(19)22)7-8-1-2-13(18)12(17)3-8/h1-6H,7H2,(H2,19,22). The van der Waals surface area contributed by atoms with E-state index in [0.29, 0.717) is 31.6 Å². The number of amides is 1. The van der Waals surface area contributed by atoms with E-state index in [1.54, 1.807) is 23.0 Å². The molecule has 1 amide bonds. The number of fused-ring (bicyclic) bond motifs is 1. The highest BCUT2D eigenvalue weighted by Crippen LogP contribution is 2.25. The number of carbonyl (C=O) groups is 1. The molecule has 112 valence electrons. The Bertz CT molecular complexity index is 894. The number of hydrogen-bond acceptors (Lipinski definition) is 2. The van der Waals surface area contributed by atoms with Crippen molar-refractivity contribution in [3.8, 4) is 0 Å². The highest BCUT2D eigenvalue weighted by molar-refractivity contribution is 14.1. The van der Waals surface area contributed by atoms with Gasteiger partial charge in [-0.15, -0.1) is 0 Å². The smallest absolute Gasteiger partial charge is 0.250 e. The number of carbonyl (C=O) groups excluding carboxylic acids is 1. The molecular weight excluding hydrogens is 420 g/mol. The predicted molar refractivity (Wildman–Crippen MR) is 91.5 cm³/mol. The summed E-state index contributed by atoms with van der Waals surface area (Å²) in [6.07, 6.45) is 1.61. The van der Waals surface area contributed by atoms with Gasteiger partial charge < -0.3 is 5.73 Å². The van der Waals surface area contributed by atoms with Gasteiger partial charge in [0.15, 0.2) is 0 Å². The molecule has 0 aliphatic heterocycles. The average Bonchev–Trinajstić information content (AvgIpc) is 2.84. The maximum Gasteiger partial charge on any atom is 0.250 e. The van der Waals surface area contributed by atoms with Crippen molar-refractivity contribution in [3.63, 3.8) is 0 Å². The summed E-state index contributed by atoms with van der Waals surface area (Å²) in [5, 5.41) is 5.39. The lowest BCUT2D eigenvalue weighted by Crippen LogP contribution is -2.14. The number of nitrogens with zero attached hydrogens (tertiary/aromatic N) is 2. The van der Waals surface area contributed by atoms with E-state index < -0.39 is 5.91 Å². The van der Waals surface area contributed by atoms with Crippen LogP contribution in [0.3, 0.4) is 0 Å². The summed E-state index contributed by atoms with van der Waals surface area (Å²) in [7, 11) is 0. The molecule has 0 saturated carbocycles. The van der Waals surface area contributed by atoms with E-state index in [9.17, 15) is 9.18 Å². The fourth-order valence-corrected chi connectivity index (χ4v) is 2.88. The minimum absolute atomic E-state index is 0.285. The number of benzene rings is 2. The second-order valence-corrected chi connectivity index (χ2v) is 6.40. The van der Waals surface area contributed by atoms with Crippen LogP contribution in [0.5, 0.6) is 0 Å². The van der Waals surface area contributed by atoms with E-state index in [4.69, 9.17) is 17.3 Å². The quantitative estimate of drug-likeness (QED) is 0.647. The van der Waals surface area contributed by atoms with E-state index in [1.165, 1.54) is 12.1 Å². The van der Waals surface area contributed by atoms with E-state index in [0.717, 1.165) is 5.56 Å². The molecule has 0 atom stereocenters. The third-order valence-electron chi connectivity index (χ3n) is 3.28. The van der Waals surface area contributed by atoms with E-state index in [2.05, 4.69) is 5.10 Å². The van der Waals surface area contributed by atoms with Gasteiger partial charge in [0.05, 0.1) is 23.8 Å². The summed E-state index contributed by atoms with van der Waals surface area (Å²) in [6, 6.07) is 8.19. The van der Waals surface area contributed by atoms with Crippen LogP contribution in [0.4, 0.5) is 4.39 Å². The minimum Gasteiger partial charge on any atom is -0.366 e. The Morgan fingerprint density at radius 3 is 2.82 bits per heavy atom. The molecular formula is C15H10ClFIN3O. The Hall–Kier alpha value is -1.67. The van der Waals surface area contributed by atoms with E-state index >= 15 is 0 Å². The van der Waals surface area contributed by atoms with E-state index in [1.807, 2.05) is 28.7 Å². The van der Waals surface area contributed by atoms with Crippen LogP contribution in [0.25, 0.3) is 10.9 Å². The molecule has 0 fully saturated rings. The number of halogens is 3. The van der Waals surface area contributed by atoms with Gasteiger partial charge in [0.1, 0.15) is 5.82 Å². The van der Waals surface area contributed by atoms with Crippen molar-refractivity contribution in [3.05, 3.63) is 62.1 Å². The topological polar surface area (TPSA) is 60.9 Å². The highest BCUT2D eigenvalue weighted by Gasteiger charge is 2.14. The number of hydrogen-bond donors (Lipinski definition) is 1. The average molecular weight is 430 g/mol. The molecule has 4 nitrogen and oxygen atoms in total. The predicted octanol–water partition coefficient (Wildman–Crippen LogP) is 3.58. The van der Waals surface area contributed by atoms with Gasteiger partial charge in [-0.05, 0) is 52.4 Å². The molecule has 3 aromatic rings. The summed E-state index contributed by atoms with van der Waals surface area (Å²) in [6.45, 7) is 0.333. The van der Waals surface area contributed by atoms with Gasteiger partial charge in [-0.1, -0.05) is 17.7 Å². The second-order valence-electron chi connectivity index (χ2n) is 4.81. The lowest BCUT2D eigenvalue weighted by Gasteiger charge is -2.08.